The smallest absolute Gasteiger partial charge is 0.298 e. The van der Waals surface area contributed by atoms with Gasteiger partial charge in [-0.05, 0) is 37.5 Å². The van der Waals surface area contributed by atoms with Crippen LogP contribution in [0.1, 0.15) is 99.3 Å². The molecule has 2 rings (SSSR count). The van der Waals surface area contributed by atoms with Gasteiger partial charge in [0.1, 0.15) is 0 Å². The summed E-state index contributed by atoms with van der Waals surface area (Å²) in [4.78, 5) is 24.9. The number of thiol groups is 2. The zero-order chi connectivity index (χ0) is 26.2. The number of nitrogens with zero attached hydrogens (tertiary/aromatic N) is 4. The standard InChI is InChI=1S/C27H48N4O2S2/c1-7-28-18-22(34)30(24(28)32)20-26(3,4)16-14-12-10-9-11-13-15-17-27(5,6)21-31-23(35)19-29(8-2)25(31)33/h18-19,34-35H,7-17,20-21H2,1-6H3. The molecule has 0 aliphatic heterocycles. The number of unbranched alkanes of at least 4 members (excludes halogenated alkanes) is 6. The van der Waals surface area contributed by atoms with Crippen molar-refractivity contribution in [2.75, 3.05) is 0 Å². The third-order valence-electron chi connectivity index (χ3n) is 7.11. The molecule has 6 nitrogen and oxygen atoms in total. The van der Waals surface area contributed by atoms with Gasteiger partial charge in [-0.25, -0.2) is 9.59 Å². The number of imidazole rings is 2. The van der Waals surface area contributed by atoms with Gasteiger partial charge in [0, 0.05) is 38.6 Å². The van der Waals surface area contributed by atoms with Gasteiger partial charge in [-0.1, -0.05) is 72.6 Å². The second-order valence-electron chi connectivity index (χ2n) is 11.6. The highest BCUT2D eigenvalue weighted by Crippen LogP contribution is 2.28. The van der Waals surface area contributed by atoms with E-state index in [9.17, 15) is 9.59 Å². The number of hydrogen-bond donors (Lipinski definition) is 2. The van der Waals surface area contributed by atoms with Crippen molar-refractivity contribution in [2.24, 2.45) is 10.8 Å². The minimum atomic E-state index is 0.0474. The lowest BCUT2D eigenvalue weighted by Crippen LogP contribution is -2.30. The molecule has 200 valence electrons. The van der Waals surface area contributed by atoms with Gasteiger partial charge in [-0.2, -0.15) is 0 Å². The van der Waals surface area contributed by atoms with Gasteiger partial charge in [0.05, 0.1) is 10.1 Å². The summed E-state index contributed by atoms with van der Waals surface area (Å²) in [6, 6.07) is 0. The molecule has 35 heavy (non-hydrogen) atoms. The van der Waals surface area contributed by atoms with Crippen LogP contribution in [0.4, 0.5) is 0 Å². The van der Waals surface area contributed by atoms with E-state index in [0.29, 0.717) is 13.1 Å². The van der Waals surface area contributed by atoms with Gasteiger partial charge >= 0.3 is 11.4 Å². The van der Waals surface area contributed by atoms with Crippen molar-refractivity contribution in [3.05, 3.63) is 33.4 Å². The highest BCUT2D eigenvalue weighted by molar-refractivity contribution is 7.80. The quantitative estimate of drug-likeness (QED) is 0.195. The van der Waals surface area contributed by atoms with E-state index in [1.807, 2.05) is 26.2 Å². The Bertz CT molecular complexity index is 960. The summed E-state index contributed by atoms with van der Waals surface area (Å²) < 4.78 is 7.06. The Morgan fingerprint density at radius 1 is 0.629 bits per heavy atom. The minimum Gasteiger partial charge on any atom is -0.298 e. The second-order valence-corrected chi connectivity index (χ2v) is 12.5. The zero-order valence-electron chi connectivity index (χ0n) is 22.8. The fourth-order valence-corrected chi connectivity index (χ4v) is 5.48. The zero-order valence-corrected chi connectivity index (χ0v) is 24.6. The van der Waals surface area contributed by atoms with Crippen molar-refractivity contribution >= 4 is 25.3 Å². The highest BCUT2D eigenvalue weighted by atomic mass is 32.1. The molecule has 8 heteroatoms. The molecule has 0 atom stereocenters. The molecule has 0 aliphatic carbocycles. The Labute approximate surface area is 222 Å². The molecule has 0 N–H and O–H groups in total. The van der Waals surface area contributed by atoms with E-state index in [0.717, 1.165) is 36.0 Å². The van der Waals surface area contributed by atoms with Crippen LogP contribution in [0, 0.1) is 10.8 Å². The lowest BCUT2D eigenvalue weighted by atomic mass is 9.86. The molecule has 2 heterocycles. The molecule has 0 bridgehead atoms. The normalized spacial score (nSPS) is 12.6. The summed E-state index contributed by atoms with van der Waals surface area (Å²) in [5, 5.41) is 1.51. The molecule has 0 saturated heterocycles. The largest absolute Gasteiger partial charge is 0.329 e. The maximum absolute atomic E-state index is 12.5. The van der Waals surface area contributed by atoms with Crippen molar-refractivity contribution in [1.29, 1.82) is 0 Å². The maximum atomic E-state index is 12.5. The maximum Gasteiger partial charge on any atom is 0.329 e. The first-order valence-electron chi connectivity index (χ1n) is 13.4. The molecule has 2 aromatic heterocycles. The molecule has 0 aromatic carbocycles. The summed E-state index contributed by atoms with van der Waals surface area (Å²) in [6.45, 7) is 15.8. The van der Waals surface area contributed by atoms with Crippen LogP contribution in [0.3, 0.4) is 0 Å². The van der Waals surface area contributed by atoms with E-state index in [4.69, 9.17) is 0 Å². The van der Waals surface area contributed by atoms with Gasteiger partial charge < -0.3 is 0 Å². The Balaban J connectivity index is 1.62. The predicted molar refractivity (Wildman–Crippen MR) is 152 cm³/mol. The van der Waals surface area contributed by atoms with E-state index in [1.54, 1.807) is 18.3 Å². The summed E-state index contributed by atoms with van der Waals surface area (Å²) in [6.07, 6.45) is 14.6. The first-order valence-corrected chi connectivity index (χ1v) is 14.3. The molecule has 0 unspecified atom stereocenters. The van der Waals surface area contributed by atoms with Gasteiger partial charge in [-0.3, -0.25) is 18.3 Å². The van der Waals surface area contributed by atoms with E-state index in [-0.39, 0.29) is 22.2 Å². The Morgan fingerprint density at radius 3 is 1.23 bits per heavy atom. The van der Waals surface area contributed by atoms with Gasteiger partial charge in [-0.15, -0.1) is 25.3 Å². The molecule has 0 spiro atoms. The molecule has 0 aliphatic rings. The van der Waals surface area contributed by atoms with E-state index in [2.05, 4.69) is 53.0 Å². The van der Waals surface area contributed by atoms with Crippen molar-refractivity contribution in [1.82, 2.24) is 18.3 Å². The average molecular weight is 525 g/mol. The van der Waals surface area contributed by atoms with Crippen molar-refractivity contribution in [3.63, 3.8) is 0 Å². The summed E-state index contributed by atoms with van der Waals surface area (Å²) in [5.41, 5.74) is 0.261. The SMILES string of the molecule is CCn1cc(S)n(CC(C)(C)CCCCCCCCCC(C)(C)Cn2c(S)cn(CC)c2=O)c1=O. The van der Waals surface area contributed by atoms with E-state index < -0.39 is 0 Å². The number of hydrogen-bond acceptors (Lipinski definition) is 4. The molecule has 0 radical (unpaired) electrons. The minimum absolute atomic E-state index is 0.0474. The number of aromatic nitrogens is 4. The lowest BCUT2D eigenvalue weighted by Gasteiger charge is -2.25. The summed E-state index contributed by atoms with van der Waals surface area (Å²) in [5.74, 6) is 0. The predicted octanol–water partition coefficient (Wildman–Crippen LogP) is 6.49. The van der Waals surface area contributed by atoms with Crippen LogP contribution >= 0.6 is 25.3 Å². The van der Waals surface area contributed by atoms with Crippen LogP contribution in [0.25, 0.3) is 0 Å². The third kappa shape index (κ3) is 8.96. The van der Waals surface area contributed by atoms with Gasteiger partial charge in [0.25, 0.3) is 0 Å². The molecule has 0 saturated carbocycles. The van der Waals surface area contributed by atoms with Crippen LogP contribution < -0.4 is 11.4 Å². The van der Waals surface area contributed by atoms with Crippen molar-refractivity contribution < 1.29 is 0 Å². The molecule has 0 fully saturated rings. The monoisotopic (exact) mass is 524 g/mol. The number of rotatable bonds is 16. The van der Waals surface area contributed by atoms with Crippen LogP contribution in [0.15, 0.2) is 32.0 Å². The fraction of sp³-hybridized carbons (Fsp3) is 0.778. The second kappa shape index (κ2) is 13.3. The first-order chi connectivity index (χ1) is 16.4. The van der Waals surface area contributed by atoms with Crippen LogP contribution in [-0.4, -0.2) is 18.3 Å². The summed E-state index contributed by atoms with van der Waals surface area (Å²) >= 11 is 9.00. The lowest BCUT2D eigenvalue weighted by molar-refractivity contribution is 0.256. The van der Waals surface area contributed by atoms with Gasteiger partial charge in [0.2, 0.25) is 0 Å². The van der Waals surface area contributed by atoms with Crippen molar-refractivity contribution in [2.45, 2.75) is 136 Å². The molecular weight excluding hydrogens is 476 g/mol. The molecule has 0 amide bonds. The Hall–Kier alpha value is -1.28. The Kier molecular flexibility index (Phi) is 11.4. The van der Waals surface area contributed by atoms with E-state index >= 15 is 0 Å². The van der Waals surface area contributed by atoms with Crippen LogP contribution in [0.5, 0.6) is 0 Å². The molecular formula is C27H48N4O2S2. The average Bonchev–Trinajstić information content (AvgIpc) is 3.21. The highest BCUT2D eigenvalue weighted by Gasteiger charge is 2.22. The van der Waals surface area contributed by atoms with Gasteiger partial charge in [0.15, 0.2) is 0 Å². The van der Waals surface area contributed by atoms with Crippen LogP contribution in [-0.2, 0) is 26.2 Å². The third-order valence-corrected chi connectivity index (χ3v) is 7.82. The van der Waals surface area contributed by atoms with Crippen LogP contribution in [0.2, 0.25) is 0 Å². The first kappa shape index (κ1) is 29.9. The number of aryl methyl sites for hydroxylation is 2. The van der Waals surface area contributed by atoms with E-state index in [1.165, 1.54) is 44.9 Å². The Morgan fingerprint density at radius 2 is 0.943 bits per heavy atom. The van der Waals surface area contributed by atoms with Crippen molar-refractivity contribution in [3.8, 4) is 0 Å². The molecule has 2 aromatic rings. The fourth-order valence-electron chi connectivity index (χ4n) is 4.89. The topological polar surface area (TPSA) is 53.9 Å². The summed E-state index contributed by atoms with van der Waals surface area (Å²) in [7, 11) is 0.